The maximum absolute atomic E-state index is 12.9. The molecule has 0 aliphatic carbocycles. The minimum Gasteiger partial charge on any atom is -0.328 e. The number of aryl methyl sites for hydroxylation is 1. The van der Waals surface area contributed by atoms with Crippen LogP contribution in [0.2, 0.25) is 0 Å². The topological polar surface area (TPSA) is 126 Å². The molecule has 2 N–H and O–H groups in total. The van der Waals surface area contributed by atoms with Gasteiger partial charge in [0, 0.05) is 72.7 Å². The standard InChI is InChI=1S/C22H19F3N2O2.C22H17F3N2O2/c2*1-2-14-4-3-11-26-21(14)18(12-19(28)16-7-10-20(29)27-13-16)15-5-8-17(9-6-15)22(23,24)25/h3-11,13,18H,2,12H2,1H3,(H,27,29);2-11,13,18H,1,12H2,(H,27,29)/t2*18-/m00/s1. The van der Waals surface area contributed by atoms with Gasteiger partial charge in [-0.25, -0.2) is 0 Å². The molecule has 0 unspecified atom stereocenters. The van der Waals surface area contributed by atoms with Crippen LogP contribution in [0.5, 0.6) is 0 Å². The van der Waals surface area contributed by atoms with Crippen LogP contribution in [-0.2, 0) is 18.8 Å². The Kier molecular flexibility index (Phi) is 13.5. The first-order valence-electron chi connectivity index (χ1n) is 17.9. The van der Waals surface area contributed by atoms with E-state index in [4.69, 9.17) is 0 Å². The van der Waals surface area contributed by atoms with Gasteiger partial charge in [-0.3, -0.25) is 29.1 Å². The lowest BCUT2D eigenvalue weighted by molar-refractivity contribution is -0.138. The second-order valence-electron chi connectivity index (χ2n) is 13.1. The molecule has 0 fully saturated rings. The maximum Gasteiger partial charge on any atom is 0.416 e. The molecule has 14 heteroatoms. The number of halogens is 6. The van der Waals surface area contributed by atoms with Crippen molar-refractivity contribution in [3.8, 4) is 0 Å². The fourth-order valence-corrected chi connectivity index (χ4v) is 6.29. The largest absolute Gasteiger partial charge is 0.416 e. The summed E-state index contributed by atoms with van der Waals surface area (Å²) in [5.41, 5.74) is 2.37. The Bertz CT molecular complexity index is 2450. The van der Waals surface area contributed by atoms with Gasteiger partial charge in [0.25, 0.3) is 0 Å². The summed E-state index contributed by atoms with van der Waals surface area (Å²) in [5, 5.41) is 0. The maximum atomic E-state index is 12.9. The third-order valence-corrected chi connectivity index (χ3v) is 9.33. The van der Waals surface area contributed by atoms with E-state index in [1.807, 2.05) is 13.0 Å². The van der Waals surface area contributed by atoms with E-state index < -0.39 is 35.3 Å². The quantitative estimate of drug-likeness (QED) is 0.0939. The summed E-state index contributed by atoms with van der Waals surface area (Å²) >= 11 is 0. The summed E-state index contributed by atoms with van der Waals surface area (Å²) in [6.07, 6.45) is -0.807. The zero-order valence-corrected chi connectivity index (χ0v) is 30.9. The minimum absolute atomic E-state index is 0.0153. The third-order valence-electron chi connectivity index (χ3n) is 9.33. The zero-order chi connectivity index (χ0) is 42.0. The van der Waals surface area contributed by atoms with E-state index in [2.05, 4.69) is 26.5 Å². The van der Waals surface area contributed by atoms with Crippen molar-refractivity contribution < 1.29 is 35.9 Å². The van der Waals surface area contributed by atoms with E-state index >= 15 is 0 Å². The van der Waals surface area contributed by atoms with Gasteiger partial charge in [-0.05, 0) is 77.2 Å². The lowest BCUT2D eigenvalue weighted by Gasteiger charge is -2.20. The zero-order valence-electron chi connectivity index (χ0n) is 30.9. The second-order valence-corrected chi connectivity index (χ2v) is 13.1. The number of hydrogen-bond donors (Lipinski definition) is 2. The highest BCUT2D eigenvalue weighted by Crippen LogP contribution is 2.36. The number of pyridine rings is 4. The molecule has 58 heavy (non-hydrogen) atoms. The molecule has 0 aliphatic heterocycles. The average molecular weight is 799 g/mol. The van der Waals surface area contributed by atoms with Gasteiger partial charge in [-0.1, -0.05) is 56.0 Å². The van der Waals surface area contributed by atoms with Gasteiger partial charge in [0.05, 0.1) is 22.5 Å². The monoisotopic (exact) mass is 798 g/mol. The molecular formula is C44H36F6N4O4. The molecule has 0 amide bonds. The molecular weight excluding hydrogens is 762 g/mol. The summed E-state index contributed by atoms with van der Waals surface area (Å²) in [6.45, 7) is 5.70. The Morgan fingerprint density at radius 3 is 1.47 bits per heavy atom. The Balaban J connectivity index is 0.000000221. The van der Waals surface area contributed by atoms with E-state index in [9.17, 15) is 45.5 Å². The first-order chi connectivity index (χ1) is 27.6. The Morgan fingerprint density at radius 2 is 1.07 bits per heavy atom. The van der Waals surface area contributed by atoms with Crippen LogP contribution in [0, 0.1) is 0 Å². The van der Waals surface area contributed by atoms with Crippen molar-refractivity contribution in [2.75, 3.05) is 0 Å². The number of aromatic amines is 2. The molecule has 0 saturated carbocycles. The first-order valence-corrected chi connectivity index (χ1v) is 17.9. The highest BCUT2D eigenvalue weighted by Gasteiger charge is 2.32. The smallest absolute Gasteiger partial charge is 0.328 e. The summed E-state index contributed by atoms with van der Waals surface area (Å²) in [7, 11) is 0. The van der Waals surface area contributed by atoms with Gasteiger partial charge in [0.1, 0.15) is 0 Å². The van der Waals surface area contributed by atoms with Crippen molar-refractivity contribution in [2.45, 2.75) is 50.4 Å². The van der Waals surface area contributed by atoms with Crippen molar-refractivity contribution in [1.82, 2.24) is 19.9 Å². The minimum atomic E-state index is -4.45. The molecule has 0 saturated heterocycles. The van der Waals surface area contributed by atoms with E-state index in [0.29, 0.717) is 45.6 Å². The van der Waals surface area contributed by atoms with Crippen LogP contribution in [0.1, 0.15) is 97.1 Å². The number of carbonyl (C=O) groups excluding carboxylic acids is 2. The number of Topliss-reactive ketones (excluding diaryl/α,β-unsaturated/α-hetero) is 2. The van der Waals surface area contributed by atoms with Crippen LogP contribution >= 0.6 is 0 Å². The predicted octanol–water partition coefficient (Wildman–Crippen LogP) is 9.59. The highest BCUT2D eigenvalue weighted by molar-refractivity contribution is 5.97. The van der Waals surface area contributed by atoms with E-state index in [0.717, 1.165) is 29.8 Å². The van der Waals surface area contributed by atoms with Crippen molar-refractivity contribution in [3.63, 3.8) is 0 Å². The Labute approximate surface area is 328 Å². The van der Waals surface area contributed by atoms with Gasteiger partial charge in [0.2, 0.25) is 11.1 Å². The summed E-state index contributed by atoms with van der Waals surface area (Å²) < 4.78 is 77.5. The first kappa shape index (κ1) is 42.4. The van der Waals surface area contributed by atoms with Crippen LogP contribution in [0.3, 0.4) is 0 Å². The fraction of sp³-hybridized carbons (Fsp3) is 0.182. The third kappa shape index (κ3) is 10.8. The average Bonchev–Trinajstić information content (AvgIpc) is 3.22. The fourth-order valence-electron chi connectivity index (χ4n) is 6.29. The molecule has 4 aromatic heterocycles. The summed E-state index contributed by atoms with van der Waals surface area (Å²) in [4.78, 5) is 61.7. The number of nitrogens with one attached hydrogen (secondary N) is 2. The number of aromatic nitrogens is 4. The van der Waals surface area contributed by atoms with Gasteiger partial charge in [0.15, 0.2) is 11.6 Å². The normalized spacial score (nSPS) is 12.5. The van der Waals surface area contributed by atoms with E-state index in [1.165, 1.54) is 60.9 Å². The van der Waals surface area contributed by atoms with E-state index in [1.54, 1.807) is 36.7 Å². The van der Waals surface area contributed by atoms with Gasteiger partial charge in [-0.15, -0.1) is 0 Å². The van der Waals surface area contributed by atoms with Crippen LogP contribution in [0.15, 0.2) is 138 Å². The number of nitrogens with zero attached hydrogens (tertiary/aromatic N) is 2. The molecule has 0 aliphatic rings. The number of ketones is 2. The molecule has 2 atom stereocenters. The van der Waals surface area contributed by atoms with Gasteiger partial charge >= 0.3 is 12.4 Å². The molecule has 8 nitrogen and oxygen atoms in total. The second kappa shape index (κ2) is 18.5. The van der Waals surface area contributed by atoms with Crippen molar-refractivity contribution in [2.24, 2.45) is 0 Å². The highest BCUT2D eigenvalue weighted by atomic mass is 19.4. The van der Waals surface area contributed by atoms with Crippen LogP contribution in [0.25, 0.3) is 6.08 Å². The number of benzene rings is 2. The number of alkyl halides is 6. The molecule has 298 valence electrons. The number of hydrogen-bond acceptors (Lipinski definition) is 6. The molecule has 6 aromatic rings. The van der Waals surface area contributed by atoms with Crippen molar-refractivity contribution in [3.05, 3.63) is 205 Å². The SMILES string of the molecule is C=Cc1cccnc1[C@@H](CC(=O)c1ccc(=O)[nH]c1)c1ccc(C(F)(F)F)cc1.CCc1cccnc1[C@@H](CC(=O)c1ccc(=O)[nH]c1)c1ccc(C(F)(F)F)cc1. The van der Waals surface area contributed by atoms with Crippen LogP contribution < -0.4 is 11.1 Å². The molecule has 0 radical (unpaired) electrons. The van der Waals surface area contributed by atoms with Gasteiger partial charge in [-0.2, -0.15) is 26.3 Å². The van der Waals surface area contributed by atoms with Crippen LogP contribution in [-0.4, -0.2) is 31.5 Å². The van der Waals surface area contributed by atoms with Crippen LogP contribution in [0.4, 0.5) is 26.3 Å². The Morgan fingerprint density at radius 1 is 0.638 bits per heavy atom. The molecule has 4 heterocycles. The molecule has 0 bridgehead atoms. The lowest BCUT2D eigenvalue weighted by Crippen LogP contribution is -2.14. The molecule has 0 spiro atoms. The van der Waals surface area contributed by atoms with E-state index in [-0.39, 0.29) is 35.5 Å². The molecule has 2 aromatic carbocycles. The van der Waals surface area contributed by atoms with Crippen molar-refractivity contribution in [1.29, 1.82) is 0 Å². The summed E-state index contributed by atoms with van der Waals surface area (Å²) in [6, 6.07) is 22.0. The number of rotatable bonds is 12. The molecule has 6 rings (SSSR count). The predicted molar refractivity (Wildman–Crippen MR) is 207 cm³/mol. The lowest BCUT2D eigenvalue weighted by atomic mass is 9.86. The summed E-state index contributed by atoms with van der Waals surface area (Å²) in [5.74, 6) is -1.59. The van der Waals surface area contributed by atoms with Crippen molar-refractivity contribution >= 4 is 17.6 Å². The number of carbonyl (C=O) groups is 2. The number of H-pyrrole nitrogens is 2. The Hall–Kier alpha value is -6.70. The van der Waals surface area contributed by atoms with Gasteiger partial charge < -0.3 is 9.97 Å².